The molecule has 17 heavy (non-hydrogen) atoms. The normalized spacial score (nSPS) is 15.8. The molecule has 4 N–H and O–H groups in total. The molecule has 0 aromatic carbocycles. The van der Waals surface area contributed by atoms with Crippen LogP contribution in [0, 0.1) is 0 Å². The van der Waals surface area contributed by atoms with E-state index in [1.807, 2.05) is 12.1 Å². The summed E-state index contributed by atoms with van der Waals surface area (Å²) in [5, 5.41) is 15.0. The molecule has 1 heterocycles. The zero-order chi connectivity index (χ0) is 12.7. The Hall–Kier alpha value is -1.49. The molecule has 0 spiro atoms. The summed E-state index contributed by atoms with van der Waals surface area (Å²) in [6, 6.07) is 4.35. The molecule has 0 aliphatic carbocycles. The molecule has 1 aromatic heterocycles. The molecule has 0 saturated carbocycles. The second-order valence-corrected chi connectivity index (χ2v) is 4.25. The third-order valence-electron chi connectivity index (χ3n) is 2.68. The van der Waals surface area contributed by atoms with Crippen molar-refractivity contribution >= 4 is 5.84 Å². The first-order valence-electron chi connectivity index (χ1n) is 5.90. The number of hydrogen-bond donors (Lipinski definition) is 3. The van der Waals surface area contributed by atoms with Gasteiger partial charge >= 0.3 is 0 Å². The predicted octanol–water partition coefficient (Wildman–Crippen LogP) is 1.72. The van der Waals surface area contributed by atoms with Gasteiger partial charge in [0.25, 0.3) is 0 Å². The lowest BCUT2D eigenvalue weighted by atomic mass is 10.1. The predicted molar refractivity (Wildman–Crippen MR) is 67.1 cm³/mol. The Kier molecular flexibility index (Phi) is 5.56. The Morgan fingerprint density at radius 3 is 2.94 bits per heavy atom. The molecule has 0 bridgehead atoms. The number of furan rings is 1. The van der Waals surface area contributed by atoms with Gasteiger partial charge in [0.1, 0.15) is 11.6 Å². The Bertz CT molecular complexity index is 336. The van der Waals surface area contributed by atoms with E-state index in [-0.39, 0.29) is 17.9 Å². The molecule has 1 aromatic rings. The number of nitrogens with one attached hydrogen (secondary N) is 1. The first-order valence-corrected chi connectivity index (χ1v) is 5.90. The Labute approximate surface area is 102 Å². The Morgan fingerprint density at radius 2 is 2.41 bits per heavy atom. The highest BCUT2D eigenvalue weighted by molar-refractivity contribution is 5.80. The second kappa shape index (κ2) is 6.96. The van der Waals surface area contributed by atoms with Gasteiger partial charge in [-0.15, -0.1) is 0 Å². The molecule has 0 fully saturated rings. The maximum absolute atomic E-state index is 8.54. The molecule has 0 radical (unpaired) electrons. The molecule has 0 aliphatic heterocycles. The number of oxime groups is 1. The van der Waals surface area contributed by atoms with Gasteiger partial charge in [0.2, 0.25) is 0 Å². The van der Waals surface area contributed by atoms with E-state index in [0.717, 1.165) is 18.6 Å². The van der Waals surface area contributed by atoms with Crippen molar-refractivity contribution in [1.29, 1.82) is 0 Å². The van der Waals surface area contributed by atoms with Gasteiger partial charge in [-0.2, -0.15) is 0 Å². The van der Waals surface area contributed by atoms with Crippen LogP contribution in [-0.2, 0) is 6.42 Å². The molecular weight excluding hydrogens is 218 g/mol. The highest BCUT2D eigenvalue weighted by atomic mass is 16.4. The van der Waals surface area contributed by atoms with Crippen molar-refractivity contribution in [3.8, 4) is 0 Å². The van der Waals surface area contributed by atoms with Crippen molar-refractivity contribution in [3.63, 3.8) is 0 Å². The van der Waals surface area contributed by atoms with Gasteiger partial charge in [-0.05, 0) is 25.5 Å². The molecule has 0 saturated heterocycles. The molecule has 5 heteroatoms. The monoisotopic (exact) mass is 239 g/mol. The van der Waals surface area contributed by atoms with Crippen molar-refractivity contribution in [1.82, 2.24) is 5.32 Å². The van der Waals surface area contributed by atoms with Crippen molar-refractivity contribution in [2.75, 3.05) is 0 Å². The average Bonchev–Trinajstić information content (AvgIpc) is 2.80. The molecule has 1 rings (SSSR count). The average molecular weight is 239 g/mol. The van der Waals surface area contributed by atoms with E-state index in [4.69, 9.17) is 15.4 Å². The minimum absolute atomic E-state index is 0.218. The third kappa shape index (κ3) is 4.91. The topological polar surface area (TPSA) is 83.8 Å². The highest BCUT2D eigenvalue weighted by Crippen LogP contribution is 2.06. The van der Waals surface area contributed by atoms with E-state index >= 15 is 0 Å². The van der Waals surface area contributed by atoms with Crippen molar-refractivity contribution in [3.05, 3.63) is 24.2 Å². The molecule has 0 amide bonds. The molecule has 96 valence electrons. The highest BCUT2D eigenvalue weighted by Gasteiger charge is 2.13. The lowest BCUT2D eigenvalue weighted by molar-refractivity contribution is 0.314. The number of rotatable bonds is 7. The number of nitrogens with zero attached hydrogens (tertiary/aromatic N) is 1. The van der Waals surface area contributed by atoms with E-state index < -0.39 is 0 Å². The van der Waals surface area contributed by atoms with Crippen LogP contribution in [0.4, 0.5) is 0 Å². The summed E-state index contributed by atoms with van der Waals surface area (Å²) in [5.74, 6) is 1.22. The van der Waals surface area contributed by atoms with Gasteiger partial charge in [-0.1, -0.05) is 12.1 Å². The van der Waals surface area contributed by atoms with Gasteiger partial charge in [-0.25, -0.2) is 0 Å². The third-order valence-corrected chi connectivity index (χ3v) is 2.68. The fourth-order valence-corrected chi connectivity index (χ4v) is 1.81. The van der Waals surface area contributed by atoms with Crippen molar-refractivity contribution in [2.24, 2.45) is 10.9 Å². The van der Waals surface area contributed by atoms with Crippen LogP contribution >= 0.6 is 0 Å². The van der Waals surface area contributed by atoms with E-state index in [9.17, 15) is 0 Å². The summed E-state index contributed by atoms with van der Waals surface area (Å²) in [6.45, 7) is 4.17. The molecule has 2 unspecified atom stereocenters. The van der Waals surface area contributed by atoms with Gasteiger partial charge in [0.05, 0.1) is 6.26 Å². The summed E-state index contributed by atoms with van der Waals surface area (Å²) in [5.41, 5.74) is 5.50. The lowest BCUT2D eigenvalue weighted by Gasteiger charge is -2.21. The summed E-state index contributed by atoms with van der Waals surface area (Å²) in [6.07, 6.45) is 3.99. The van der Waals surface area contributed by atoms with E-state index in [2.05, 4.69) is 24.3 Å². The number of hydrogen-bond acceptors (Lipinski definition) is 4. The van der Waals surface area contributed by atoms with Crippen LogP contribution in [0.25, 0.3) is 0 Å². The molecule has 2 atom stereocenters. The van der Waals surface area contributed by atoms with Crippen LogP contribution in [0.5, 0.6) is 0 Å². The van der Waals surface area contributed by atoms with Gasteiger partial charge < -0.3 is 20.7 Å². The van der Waals surface area contributed by atoms with E-state index in [1.165, 1.54) is 0 Å². The maximum atomic E-state index is 8.54. The number of nitrogens with two attached hydrogens (primary N) is 1. The zero-order valence-electron chi connectivity index (χ0n) is 10.4. The van der Waals surface area contributed by atoms with Crippen molar-refractivity contribution in [2.45, 2.75) is 45.2 Å². The SMILES string of the molecule is CCC(CC(N)=NO)NC(C)Cc1ccco1. The Balaban J connectivity index is 2.39. The van der Waals surface area contributed by atoms with Gasteiger partial charge in [0.15, 0.2) is 0 Å². The van der Waals surface area contributed by atoms with Crippen LogP contribution in [0.2, 0.25) is 0 Å². The van der Waals surface area contributed by atoms with Crippen LogP contribution < -0.4 is 11.1 Å². The lowest BCUT2D eigenvalue weighted by Crippen LogP contribution is -2.39. The van der Waals surface area contributed by atoms with E-state index in [0.29, 0.717) is 6.42 Å². The summed E-state index contributed by atoms with van der Waals surface area (Å²) >= 11 is 0. The van der Waals surface area contributed by atoms with Gasteiger partial charge in [-0.3, -0.25) is 0 Å². The first-order chi connectivity index (χ1) is 8.15. The van der Waals surface area contributed by atoms with Crippen LogP contribution in [0.1, 0.15) is 32.4 Å². The van der Waals surface area contributed by atoms with Crippen LogP contribution in [0.15, 0.2) is 28.0 Å². The molecule has 0 aliphatic rings. The summed E-state index contributed by atoms with van der Waals surface area (Å²) in [4.78, 5) is 0. The standard InChI is InChI=1S/C12H21N3O2/c1-3-10(8-12(13)15-16)14-9(2)7-11-5-4-6-17-11/h4-6,9-10,14,16H,3,7-8H2,1-2H3,(H2,13,15). The second-order valence-electron chi connectivity index (χ2n) is 4.25. The minimum atomic E-state index is 0.218. The maximum Gasteiger partial charge on any atom is 0.140 e. The largest absolute Gasteiger partial charge is 0.469 e. The Morgan fingerprint density at radius 1 is 1.65 bits per heavy atom. The number of amidine groups is 1. The summed E-state index contributed by atoms with van der Waals surface area (Å²) < 4.78 is 5.29. The molecular formula is C12H21N3O2. The first kappa shape index (κ1) is 13.6. The van der Waals surface area contributed by atoms with E-state index in [1.54, 1.807) is 6.26 Å². The van der Waals surface area contributed by atoms with Crippen LogP contribution in [-0.4, -0.2) is 23.1 Å². The fourth-order valence-electron chi connectivity index (χ4n) is 1.81. The van der Waals surface area contributed by atoms with Crippen LogP contribution in [0.3, 0.4) is 0 Å². The smallest absolute Gasteiger partial charge is 0.140 e. The zero-order valence-corrected chi connectivity index (χ0v) is 10.4. The molecule has 5 nitrogen and oxygen atoms in total. The van der Waals surface area contributed by atoms with Gasteiger partial charge in [0, 0.05) is 24.9 Å². The summed E-state index contributed by atoms with van der Waals surface area (Å²) in [7, 11) is 0. The fraction of sp³-hybridized carbons (Fsp3) is 0.583. The minimum Gasteiger partial charge on any atom is -0.469 e. The quantitative estimate of drug-likeness (QED) is 0.293. The van der Waals surface area contributed by atoms with Crippen molar-refractivity contribution < 1.29 is 9.62 Å².